The van der Waals surface area contributed by atoms with Crippen molar-refractivity contribution in [1.82, 2.24) is 29.5 Å². The molecule has 10 heteroatoms. The van der Waals surface area contributed by atoms with Gasteiger partial charge in [0.05, 0.1) is 13.1 Å². The van der Waals surface area contributed by atoms with Gasteiger partial charge in [0.1, 0.15) is 0 Å². The minimum absolute atomic E-state index is 0.244. The van der Waals surface area contributed by atoms with Gasteiger partial charge in [0.15, 0.2) is 21.7 Å². The normalized spacial score (nSPS) is 13.8. The van der Waals surface area contributed by atoms with Gasteiger partial charge in [0.2, 0.25) is 0 Å². The molecule has 0 amide bonds. The molecule has 0 saturated heterocycles. The Morgan fingerprint density at radius 1 is 0.625 bits per heavy atom. The predicted molar refractivity (Wildman–Crippen MR) is 125 cm³/mol. The quantitative estimate of drug-likeness (QED) is 0.449. The average Bonchev–Trinajstić information content (AvgIpc) is 3.48. The summed E-state index contributed by atoms with van der Waals surface area (Å²) >= 11 is 3.15. The van der Waals surface area contributed by atoms with E-state index in [9.17, 15) is 9.59 Å². The van der Waals surface area contributed by atoms with Crippen molar-refractivity contribution in [1.29, 1.82) is 0 Å². The van der Waals surface area contributed by atoms with Crippen LogP contribution in [0.3, 0.4) is 0 Å². The zero-order valence-electron chi connectivity index (χ0n) is 16.9. The van der Waals surface area contributed by atoms with E-state index in [0.29, 0.717) is 11.4 Å². The second-order valence-electron chi connectivity index (χ2n) is 6.97. The standard InChI is InChI=1S/2C11H9N3OS/c2*15-10-9(8-4-2-1-3-5-8)13-14-6-7-16-11(14)12-10/h2*1-5H,6-7H2. The van der Waals surface area contributed by atoms with E-state index >= 15 is 0 Å². The summed E-state index contributed by atoms with van der Waals surface area (Å²) in [5, 5.41) is 10.1. The van der Waals surface area contributed by atoms with E-state index in [0.717, 1.165) is 46.0 Å². The molecule has 0 saturated carbocycles. The molecular weight excluding hydrogens is 444 g/mol. The summed E-state index contributed by atoms with van der Waals surface area (Å²) in [6.07, 6.45) is 0. The maximum Gasteiger partial charge on any atom is 0.300 e. The van der Waals surface area contributed by atoms with Crippen LogP contribution in [0.2, 0.25) is 0 Å². The molecular formula is C22H18N6O2S2. The van der Waals surface area contributed by atoms with Gasteiger partial charge in [-0.1, -0.05) is 84.2 Å². The summed E-state index contributed by atoms with van der Waals surface area (Å²) in [4.78, 5) is 31.6. The summed E-state index contributed by atoms with van der Waals surface area (Å²) in [6.45, 7) is 1.65. The third-order valence-electron chi connectivity index (χ3n) is 4.85. The van der Waals surface area contributed by atoms with Gasteiger partial charge in [0.25, 0.3) is 11.1 Å². The lowest BCUT2D eigenvalue weighted by Gasteiger charge is -2.03. The summed E-state index contributed by atoms with van der Waals surface area (Å²) in [7, 11) is 0. The summed E-state index contributed by atoms with van der Waals surface area (Å²) in [5.74, 6) is 1.88. The van der Waals surface area contributed by atoms with Gasteiger partial charge in [-0.25, -0.2) is 9.36 Å². The van der Waals surface area contributed by atoms with Crippen LogP contribution in [0.5, 0.6) is 0 Å². The molecule has 0 unspecified atom stereocenters. The van der Waals surface area contributed by atoms with Crippen molar-refractivity contribution in [2.24, 2.45) is 0 Å². The van der Waals surface area contributed by atoms with Crippen molar-refractivity contribution in [3.63, 3.8) is 0 Å². The van der Waals surface area contributed by atoms with Crippen molar-refractivity contribution < 1.29 is 0 Å². The van der Waals surface area contributed by atoms with Gasteiger partial charge in [-0.2, -0.15) is 20.2 Å². The van der Waals surface area contributed by atoms with Crippen LogP contribution in [0, 0.1) is 0 Å². The van der Waals surface area contributed by atoms with Gasteiger partial charge in [-0.05, 0) is 0 Å². The highest BCUT2D eigenvalue weighted by atomic mass is 32.2. The maximum atomic E-state index is 11.8. The third kappa shape index (κ3) is 4.23. The van der Waals surface area contributed by atoms with E-state index in [2.05, 4.69) is 20.2 Å². The molecule has 4 aromatic rings. The van der Waals surface area contributed by atoms with E-state index < -0.39 is 0 Å². The minimum Gasteiger partial charge on any atom is -0.265 e. The first-order valence-corrected chi connectivity index (χ1v) is 12.0. The molecule has 2 aliphatic rings. The molecule has 0 atom stereocenters. The minimum atomic E-state index is -0.244. The molecule has 0 spiro atoms. The van der Waals surface area contributed by atoms with E-state index in [-0.39, 0.29) is 11.1 Å². The predicted octanol–water partition coefficient (Wildman–Crippen LogP) is 2.82. The number of thioether (sulfide) groups is 2. The first-order chi connectivity index (χ1) is 15.7. The Morgan fingerprint density at radius 3 is 1.44 bits per heavy atom. The highest BCUT2D eigenvalue weighted by molar-refractivity contribution is 7.99. The van der Waals surface area contributed by atoms with Gasteiger partial charge < -0.3 is 0 Å². The second-order valence-corrected chi connectivity index (χ2v) is 9.10. The molecule has 2 aromatic carbocycles. The van der Waals surface area contributed by atoms with Crippen LogP contribution in [-0.2, 0) is 13.1 Å². The molecule has 2 aromatic heterocycles. The lowest BCUT2D eigenvalue weighted by Crippen LogP contribution is -2.18. The number of hydrogen-bond donors (Lipinski definition) is 0. The number of aryl methyl sites for hydroxylation is 2. The zero-order valence-corrected chi connectivity index (χ0v) is 18.6. The largest absolute Gasteiger partial charge is 0.300 e. The van der Waals surface area contributed by atoms with Gasteiger partial charge in [0, 0.05) is 22.6 Å². The van der Waals surface area contributed by atoms with Crippen molar-refractivity contribution in [3.8, 4) is 22.5 Å². The molecule has 4 heterocycles. The van der Waals surface area contributed by atoms with Crippen molar-refractivity contribution >= 4 is 23.5 Å². The Morgan fingerprint density at radius 2 is 1.03 bits per heavy atom. The lowest BCUT2D eigenvalue weighted by atomic mass is 10.2. The monoisotopic (exact) mass is 462 g/mol. The molecule has 0 aliphatic carbocycles. The number of hydrogen-bond acceptors (Lipinski definition) is 8. The molecule has 0 bridgehead atoms. The number of aromatic nitrogens is 6. The fourth-order valence-corrected chi connectivity index (χ4v) is 5.06. The molecule has 2 aliphatic heterocycles. The van der Waals surface area contributed by atoms with E-state index in [1.165, 1.54) is 0 Å². The van der Waals surface area contributed by atoms with Crippen LogP contribution in [-0.4, -0.2) is 41.0 Å². The summed E-state index contributed by atoms with van der Waals surface area (Å²) in [5.41, 5.74) is 2.04. The Balaban J connectivity index is 0.000000135. The fourth-order valence-electron chi connectivity index (χ4n) is 3.31. The Kier molecular flexibility index (Phi) is 5.87. The van der Waals surface area contributed by atoms with Gasteiger partial charge >= 0.3 is 0 Å². The van der Waals surface area contributed by atoms with Gasteiger partial charge in [-0.3, -0.25) is 9.59 Å². The molecule has 160 valence electrons. The van der Waals surface area contributed by atoms with E-state index in [1.807, 2.05) is 60.7 Å². The van der Waals surface area contributed by atoms with Crippen molar-refractivity contribution in [2.45, 2.75) is 23.4 Å². The van der Waals surface area contributed by atoms with E-state index in [4.69, 9.17) is 0 Å². The zero-order chi connectivity index (χ0) is 21.9. The highest BCUT2D eigenvalue weighted by Gasteiger charge is 2.17. The molecule has 8 nitrogen and oxygen atoms in total. The Labute approximate surface area is 191 Å². The number of nitrogens with zero attached hydrogens (tertiary/aromatic N) is 6. The number of rotatable bonds is 2. The fraction of sp³-hybridized carbons (Fsp3) is 0.182. The van der Waals surface area contributed by atoms with Crippen LogP contribution in [0.15, 0.2) is 80.6 Å². The lowest BCUT2D eigenvalue weighted by molar-refractivity contribution is 0.573. The van der Waals surface area contributed by atoms with Crippen LogP contribution < -0.4 is 11.1 Å². The molecule has 0 radical (unpaired) electrons. The summed E-state index contributed by atoms with van der Waals surface area (Å²) < 4.78 is 3.60. The average molecular weight is 463 g/mol. The molecule has 6 rings (SSSR count). The SMILES string of the molecule is O=c1nc2n(nc1-c1ccccc1)CCS2.O=c1nc2n(nc1-c1ccccc1)CCS2. The van der Waals surface area contributed by atoms with Crippen molar-refractivity contribution in [2.75, 3.05) is 11.5 Å². The Hall–Kier alpha value is -3.24. The van der Waals surface area contributed by atoms with E-state index in [1.54, 1.807) is 32.9 Å². The summed E-state index contributed by atoms with van der Waals surface area (Å²) in [6, 6.07) is 18.9. The Bertz CT molecular complexity index is 1270. The second kappa shape index (κ2) is 9.09. The number of fused-ring (bicyclic) bond motifs is 2. The smallest absolute Gasteiger partial charge is 0.265 e. The third-order valence-corrected chi connectivity index (χ3v) is 6.74. The topological polar surface area (TPSA) is 95.6 Å². The molecule has 32 heavy (non-hydrogen) atoms. The van der Waals surface area contributed by atoms with Crippen LogP contribution in [0.4, 0.5) is 0 Å². The van der Waals surface area contributed by atoms with Crippen LogP contribution in [0.25, 0.3) is 22.5 Å². The van der Waals surface area contributed by atoms with Crippen LogP contribution in [0.1, 0.15) is 0 Å². The van der Waals surface area contributed by atoms with Gasteiger partial charge in [-0.15, -0.1) is 0 Å². The maximum absolute atomic E-state index is 11.8. The molecule has 0 fully saturated rings. The highest BCUT2D eigenvalue weighted by Crippen LogP contribution is 2.23. The first-order valence-electron chi connectivity index (χ1n) is 10.0. The first kappa shape index (κ1) is 20.7. The van der Waals surface area contributed by atoms with Crippen LogP contribution >= 0.6 is 23.5 Å². The van der Waals surface area contributed by atoms with Crippen molar-refractivity contribution in [3.05, 3.63) is 81.4 Å². The molecule has 0 N–H and O–H groups in total. The number of benzene rings is 2.